The first-order valence-electron chi connectivity index (χ1n) is 11.6. The minimum Gasteiger partial charge on any atom is -0.385 e. The number of likely N-dealkylation sites (tertiary alicyclic amines) is 1. The van der Waals surface area contributed by atoms with E-state index in [0.717, 1.165) is 64.6 Å². The Labute approximate surface area is 210 Å². The average molecular weight is 558 g/mol. The number of amides is 1. The van der Waals surface area contributed by atoms with Gasteiger partial charge in [0.05, 0.1) is 5.92 Å². The number of piperidine rings is 1. The number of carbonyl (C=O) groups is 1. The summed E-state index contributed by atoms with van der Waals surface area (Å²) in [6, 6.07) is 8.63. The van der Waals surface area contributed by atoms with Gasteiger partial charge in [-0.25, -0.2) is 0 Å². The number of hydrogen-bond acceptors (Lipinski definition) is 4. The molecule has 32 heavy (non-hydrogen) atoms. The largest absolute Gasteiger partial charge is 0.385 e. The number of primary amides is 1. The summed E-state index contributed by atoms with van der Waals surface area (Å²) in [7, 11) is 3.59. The van der Waals surface area contributed by atoms with Crippen molar-refractivity contribution in [1.29, 1.82) is 0 Å². The van der Waals surface area contributed by atoms with E-state index in [4.69, 9.17) is 10.5 Å². The van der Waals surface area contributed by atoms with Crippen LogP contribution in [0, 0.1) is 11.3 Å². The molecule has 0 bridgehead atoms. The van der Waals surface area contributed by atoms with Crippen LogP contribution in [0.2, 0.25) is 0 Å². The second-order valence-electron chi connectivity index (χ2n) is 9.17. The summed E-state index contributed by atoms with van der Waals surface area (Å²) in [5, 5.41) is 6.97. The van der Waals surface area contributed by atoms with Crippen LogP contribution in [0.15, 0.2) is 29.3 Å². The van der Waals surface area contributed by atoms with E-state index in [0.29, 0.717) is 5.41 Å². The maximum Gasteiger partial charge on any atom is 0.221 e. The van der Waals surface area contributed by atoms with Crippen LogP contribution < -0.4 is 16.4 Å². The van der Waals surface area contributed by atoms with Gasteiger partial charge in [0.1, 0.15) is 0 Å². The van der Waals surface area contributed by atoms with Gasteiger partial charge in [-0.2, -0.15) is 0 Å². The Hall–Kier alpha value is -1.39. The maximum absolute atomic E-state index is 11.5. The first-order chi connectivity index (χ1) is 15.0. The van der Waals surface area contributed by atoms with Gasteiger partial charge in [0, 0.05) is 46.9 Å². The molecular formula is C24H40IN5O2. The number of nitrogens with zero attached hydrogens (tertiary/aromatic N) is 2. The van der Waals surface area contributed by atoms with Gasteiger partial charge in [0.15, 0.2) is 5.96 Å². The molecule has 1 aromatic rings. The first-order valence-corrected chi connectivity index (χ1v) is 11.6. The molecule has 7 nitrogen and oxygen atoms in total. The fourth-order valence-corrected chi connectivity index (χ4v) is 4.72. The standard InChI is InChI=1S/C24H39N5O2.HI/c1-26-23(28-18-24(9-5-10-24)11-13-31-2)27-15-19-6-3-7-20(14-19)16-29-12-4-8-21(17-29)22(25)30;/h3,6-7,14,21H,4-5,8-13,15-18H2,1-2H3,(H2,25,30)(H2,26,27,28);1H. The van der Waals surface area contributed by atoms with Gasteiger partial charge in [-0.05, 0) is 55.2 Å². The highest BCUT2D eigenvalue weighted by atomic mass is 127. The smallest absolute Gasteiger partial charge is 0.221 e. The van der Waals surface area contributed by atoms with Crippen molar-refractivity contribution in [1.82, 2.24) is 15.5 Å². The summed E-state index contributed by atoms with van der Waals surface area (Å²) in [6.45, 7) is 5.12. The molecule has 1 amide bonds. The van der Waals surface area contributed by atoms with E-state index in [1.165, 1.54) is 30.4 Å². The molecule has 1 aromatic carbocycles. The van der Waals surface area contributed by atoms with E-state index < -0.39 is 0 Å². The highest BCUT2D eigenvalue weighted by Gasteiger charge is 2.36. The lowest BCUT2D eigenvalue weighted by molar-refractivity contribution is -0.123. The Morgan fingerprint density at radius 1 is 1.28 bits per heavy atom. The zero-order valence-electron chi connectivity index (χ0n) is 19.6. The van der Waals surface area contributed by atoms with Gasteiger partial charge in [-0.15, -0.1) is 24.0 Å². The van der Waals surface area contributed by atoms with Crippen LogP contribution in [0.1, 0.15) is 49.7 Å². The molecular weight excluding hydrogens is 517 g/mol. The third kappa shape index (κ3) is 7.88. The fourth-order valence-electron chi connectivity index (χ4n) is 4.72. The predicted octanol–water partition coefficient (Wildman–Crippen LogP) is 2.87. The van der Waals surface area contributed by atoms with E-state index in [1.54, 1.807) is 7.11 Å². The summed E-state index contributed by atoms with van der Waals surface area (Å²) in [6.07, 6.45) is 6.87. The van der Waals surface area contributed by atoms with Crippen LogP contribution in [0.25, 0.3) is 0 Å². The van der Waals surface area contributed by atoms with Gasteiger partial charge in [-0.3, -0.25) is 14.7 Å². The number of halogens is 1. The average Bonchev–Trinajstić information content (AvgIpc) is 2.75. The molecule has 8 heteroatoms. The number of nitrogens with two attached hydrogens (primary N) is 1. The molecule has 180 valence electrons. The highest BCUT2D eigenvalue weighted by molar-refractivity contribution is 14.0. The van der Waals surface area contributed by atoms with Crippen molar-refractivity contribution in [3.05, 3.63) is 35.4 Å². The number of aliphatic imine (C=N–C) groups is 1. The minimum atomic E-state index is -0.174. The molecule has 1 heterocycles. The van der Waals surface area contributed by atoms with Gasteiger partial charge in [-0.1, -0.05) is 30.7 Å². The summed E-state index contributed by atoms with van der Waals surface area (Å²) >= 11 is 0. The van der Waals surface area contributed by atoms with E-state index in [1.807, 2.05) is 7.05 Å². The second-order valence-corrected chi connectivity index (χ2v) is 9.17. The van der Waals surface area contributed by atoms with Gasteiger partial charge < -0.3 is 21.1 Å². The Morgan fingerprint density at radius 2 is 2.06 bits per heavy atom. The SMILES string of the molecule is CN=C(NCc1cccc(CN2CCCC(C(N)=O)C2)c1)NCC1(CCOC)CCC1.I. The number of carbonyl (C=O) groups excluding carboxylic acids is 1. The second kappa shape index (κ2) is 13.3. The summed E-state index contributed by atoms with van der Waals surface area (Å²) in [4.78, 5) is 18.3. The summed E-state index contributed by atoms with van der Waals surface area (Å²) in [5.41, 5.74) is 8.36. The van der Waals surface area contributed by atoms with E-state index in [9.17, 15) is 4.79 Å². The van der Waals surface area contributed by atoms with Gasteiger partial charge in [0.2, 0.25) is 5.91 Å². The number of rotatable bonds is 10. The van der Waals surface area contributed by atoms with E-state index in [-0.39, 0.29) is 35.8 Å². The van der Waals surface area contributed by atoms with Gasteiger partial charge >= 0.3 is 0 Å². The lowest BCUT2D eigenvalue weighted by atomic mass is 9.67. The minimum absolute atomic E-state index is 0. The van der Waals surface area contributed by atoms with Crippen LogP contribution >= 0.6 is 24.0 Å². The number of nitrogens with one attached hydrogen (secondary N) is 2. The Balaban J connectivity index is 0.00000363. The third-order valence-corrected chi connectivity index (χ3v) is 6.87. The highest BCUT2D eigenvalue weighted by Crippen LogP contribution is 2.43. The maximum atomic E-state index is 11.5. The Bertz CT molecular complexity index is 754. The number of ether oxygens (including phenoxy) is 1. The van der Waals surface area contributed by atoms with Crippen molar-refractivity contribution in [3.63, 3.8) is 0 Å². The predicted molar refractivity (Wildman–Crippen MR) is 140 cm³/mol. The molecule has 1 aliphatic heterocycles. The van der Waals surface area contributed by atoms with Crippen molar-refractivity contribution in [2.24, 2.45) is 22.1 Å². The quantitative estimate of drug-likeness (QED) is 0.234. The lowest BCUT2D eigenvalue weighted by Crippen LogP contribution is -2.46. The molecule has 4 N–H and O–H groups in total. The van der Waals surface area contributed by atoms with Crippen LogP contribution in [0.3, 0.4) is 0 Å². The van der Waals surface area contributed by atoms with Crippen LogP contribution in [-0.2, 0) is 22.6 Å². The normalized spacial score (nSPS) is 20.7. The zero-order chi connectivity index (χ0) is 22.1. The topological polar surface area (TPSA) is 92.0 Å². The molecule has 2 aliphatic rings. The molecule has 1 saturated heterocycles. The number of guanidine groups is 1. The van der Waals surface area contributed by atoms with Crippen molar-refractivity contribution in [3.8, 4) is 0 Å². The first kappa shape index (κ1) is 26.9. The Kier molecular flexibility index (Phi) is 11.2. The molecule has 1 saturated carbocycles. The van der Waals surface area contributed by atoms with E-state index in [2.05, 4.69) is 44.8 Å². The molecule has 1 atom stereocenters. The van der Waals surface area contributed by atoms with Crippen LogP contribution in [-0.4, -0.2) is 57.2 Å². The van der Waals surface area contributed by atoms with Crippen molar-refractivity contribution < 1.29 is 9.53 Å². The fraction of sp³-hybridized carbons (Fsp3) is 0.667. The summed E-state index contributed by atoms with van der Waals surface area (Å²) < 4.78 is 5.29. The lowest BCUT2D eigenvalue weighted by Gasteiger charge is -2.42. The van der Waals surface area contributed by atoms with E-state index >= 15 is 0 Å². The van der Waals surface area contributed by atoms with Crippen LogP contribution in [0.4, 0.5) is 0 Å². The molecule has 1 unspecified atom stereocenters. The molecule has 2 fully saturated rings. The summed E-state index contributed by atoms with van der Waals surface area (Å²) in [5.74, 6) is 0.651. The molecule has 1 aliphatic carbocycles. The van der Waals surface area contributed by atoms with Crippen molar-refractivity contribution >= 4 is 35.8 Å². The van der Waals surface area contributed by atoms with Crippen molar-refractivity contribution in [2.45, 2.75) is 51.6 Å². The molecule has 0 aromatic heterocycles. The zero-order valence-corrected chi connectivity index (χ0v) is 21.9. The monoisotopic (exact) mass is 557 g/mol. The van der Waals surface area contributed by atoms with Gasteiger partial charge in [0.25, 0.3) is 0 Å². The van der Waals surface area contributed by atoms with Crippen molar-refractivity contribution in [2.75, 3.05) is 40.4 Å². The number of methoxy groups -OCH3 is 1. The molecule has 0 spiro atoms. The third-order valence-electron chi connectivity index (χ3n) is 6.87. The number of hydrogen-bond donors (Lipinski definition) is 3. The molecule has 3 rings (SSSR count). The number of benzene rings is 1. The Morgan fingerprint density at radius 3 is 2.72 bits per heavy atom. The van der Waals surface area contributed by atoms with Crippen LogP contribution in [0.5, 0.6) is 0 Å². The molecule has 0 radical (unpaired) electrons.